The predicted octanol–water partition coefficient (Wildman–Crippen LogP) is -0.100. The Labute approximate surface area is 92.2 Å². The summed E-state index contributed by atoms with van der Waals surface area (Å²) in [5, 5.41) is 0. The zero-order valence-corrected chi connectivity index (χ0v) is 10.3. The maximum absolute atomic E-state index is 11.8. The minimum absolute atomic E-state index is 0.0191. The van der Waals surface area contributed by atoms with Crippen LogP contribution < -0.4 is 10.5 Å². The zero-order chi connectivity index (χ0) is 11.5. The third-order valence-corrected chi connectivity index (χ3v) is 3.98. The molecule has 1 fully saturated rings. The Morgan fingerprint density at radius 1 is 1.53 bits per heavy atom. The first-order valence-electron chi connectivity index (χ1n) is 5.42. The molecule has 1 heterocycles. The normalized spacial score (nSPS) is 24.7. The molecule has 0 amide bonds. The van der Waals surface area contributed by atoms with Gasteiger partial charge in [0.25, 0.3) is 10.2 Å². The van der Waals surface area contributed by atoms with Crippen molar-refractivity contribution in [2.24, 2.45) is 11.7 Å². The topological polar surface area (TPSA) is 75.4 Å². The van der Waals surface area contributed by atoms with Gasteiger partial charge >= 0.3 is 0 Å². The van der Waals surface area contributed by atoms with E-state index in [0.717, 1.165) is 12.8 Å². The van der Waals surface area contributed by atoms with Gasteiger partial charge in [-0.1, -0.05) is 13.8 Å². The highest BCUT2D eigenvalue weighted by Crippen LogP contribution is 2.11. The summed E-state index contributed by atoms with van der Waals surface area (Å²) >= 11 is 0. The molecule has 1 saturated heterocycles. The van der Waals surface area contributed by atoms with E-state index >= 15 is 0 Å². The zero-order valence-electron chi connectivity index (χ0n) is 9.44. The molecule has 0 saturated carbocycles. The molecule has 0 radical (unpaired) electrons. The van der Waals surface area contributed by atoms with Crippen LogP contribution in [0.3, 0.4) is 0 Å². The summed E-state index contributed by atoms with van der Waals surface area (Å²) in [7, 11) is -3.31. The van der Waals surface area contributed by atoms with Crippen LogP contribution in [0.2, 0.25) is 0 Å². The van der Waals surface area contributed by atoms with Crippen molar-refractivity contribution in [3.8, 4) is 0 Å². The number of nitrogens with two attached hydrogens (primary N) is 1. The van der Waals surface area contributed by atoms with Crippen molar-refractivity contribution in [2.45, 2.75) is 32.7 Å². The van der Waals surface area contributed by atoms with Crippen LogP contribution in [0.25, 0.3) is 0 Å². The van der Waals surface area contributed by atoms with E-state index in [4.69, 9.17) is 5.73 Å². The van der Waals surface area contributed by atoms with E-state index in [9.17, 15) is 8.42 Å². The Bertz CT molecular complexity index is 290. The van der Waals surface area contributed by atoms with E-state index in [1.54, 1.807) is 0 Å². The van der Waals surface area contributed by atoms with Crippen LogP contribution in [-0.4, -0.2) is 38.4 Å². The molecule has 0 spiro atoms. The van der Waals surface area contributed by atoms with Gasteiger partial charge in [-0.25, -0.2) is 4.72 Å². The summed E-state index contributed by atoms with van der Waals surface area (Å²) in [6.45, 7) is 5.46. The lowest BCUT2D eigenvalue weighted by Crippen LogP contribution is -2.50. The molecule has 0 aromatic rings. The summed E-state index contributed by atoms with van der Waals surface area (Å²) in [6, 6.07) is -0.0191. The molecule has 15 heavy (non-hydrogen) atoms. The van der Waals surface area contributed by atoms with Crippen LogP contribution in [-0.2, 0) is 10.2 Å². The maximum Gasteiger partial charge on any atom is 0.279 e. The molecule has 0 bridgehead atoms. The van der Waals surface area contributed by atoms with Gasteiger partial charge in [0.2, 0.25) is 0 Å². The summed E-state index contributed by atoms with van der Waals surface area (Å²) in [5.41, 5.74) is 5.74. The standard InChI is InChI=1S/C9H21N3O2S/c1-8(2)6-11-15(13,14)12-5-3-4-9(10)7-12/h8-9,11H,3-7,10H2,1-2H3. The molecule has 90 valence electrons. The minimum atomic E-state index is -3.31. The second kappa shape index (κ2) is 5.25. The molecular weight excluding hydrogens is 214 g/mol. The van der Waals surface area contributed by atoms with Gasteiger partial charge in [0, 0.05) is 25.7 Å². The average Bonchev–Trinajstić information content (AvgIpc) is 2.15. The first-order valence-corrected chi connectivity index (χ1v) is 6.86. The third-order valence-electron chi connectivity index (χ3n) is 2.43. The van der Waals surface area contributed by atoms with Crippen molar-refractivity contribution >= 4 is 10.2 Å². The molecule has 6 heteroatoms. The van der Waals surface area contributed by atoms with Crippen molar-refractivity contribution in [3.63, 3.8) is 0 Å². The van der Waals surface area contributed by atoms with E-state index in [1.165, 1.54) is 4.31 Å². The predicted molar refractivity (Wildman–Crippen MR) is 60.5 cm³/mol. The van der Waals surface area contributed by atoms with Gasteiger partial charge < -0.3 is 5.73 Å². The third kappa shape index (κ3) is 4.06. The Hall–Kier alpha value is -0.170. The number of rotatable bonds is 4. The molecule has 1 aliphatic rings. The molecule has 1 aliphatic heterocycles. The Kier molecular flexibility index (Phi) is 4.51. The fourth-order valence-electron chi connectivity index (χ4n) is 1.56. The largest absolute Gasteiger partial charge is 0.327 e. The van der Waals surface area contributed by atoms with Crippen LogP contribution in [0.15, 0.2) is 0 Å². The molecule has 1 unspecified atom stereocenters. The van der Waals surface area contributed by atoms with Crippen LogP contribution in [0.1, 0.15) is 26.7 Å². The number of nitrogens with one attached hydrogen (secondary N) is 1. The van der Waals surface area contributed by atoms with E-state index in [1.807, 2.05) is 13.8 Å². The number of hydrogen-bond acceptors (Lipinski definition) is 3. The Balaban J connectivity index is 2.52. The summed E-state index contributed by atoms with van der Waals surface area (Å²) in [6.07, 6.45) is 1.76. The molecule has 0 aliphatic carbocycles. The quantitative estimate of drug-likeness (QED) is 0.714. The summed E-state index contributed by atoms with van der Waals surface area (Å²) in [5.74, 6) is 0.318. The Morgan fingerprint density at radius 2 is 2.20 bits per heavy atom. The van der Waals surface area contributed by atoms with Gasteiger partial charge in [-0.2, -0.15) is 12.7 Å². The van der Waals surface area contributed by atoms with Crippen LogP contribution in [0.4, 0.5) is 0 Å². The number of piperidine rings is 1. The SMILES string of the molecule is CC(C)CNS(=O)(=O)N1CCCC(N)C1. The minimum Gasteiger partial charge on any atom is -0.327 e. The van der Waals surface area contributed by atoms with E-state index in [0.29, 0.717) is 25.6 Å². The van der Waals surface area contributed by atoms with E-state index in [2.05, 4.69) is 4.72 Å². The van der Waals surface area contributed by atoms with Gasteiger partial charge in [0.1, 0.15) is 0 Å². The lowest BCUT2D eigenvalue weighted by Gasteiger charge is -2.30. The highest BCUT2D eigenvalue weighted by molar-refractivity contribution is 7.87. The highest BCUT2D eigenvalue weighted by Gasteiger charge is 2.26. The van der Waals surface area contributed by atoms with Crippen molar-refractivity contribution in [1.82, 2.24) is 9.03 Å². The van der Waals surface area contributed by atoms with Crippen LogP contribution in [0.5, 0.6) is 0 Å². The summed E-state index contributed by atoms with van der Waals surface area (Å²) in [4.78, 5) is 0. The first-order chi connectivity index (χ1) is 6.92. The smallest absolute Gasteiger partial charge is 0.279 e. The number of nitrogens with zero attached hydrogens (tertiary/aromatic N) is 1. The van der Waals surface area contributed by atoms with Gasteiger partial charge in [-0.15, -0.1) is 0 Å². The fourth-order valence-corrected chi connectivity index (χ4v) is 3.04. The van der Waals surface area contributed by atoms with Crippen molar-refractivity contribution < 1.29 is 8.42 Å². The molecule has 5 nitrogen and oxygen atoms in total. The van der Waals surface area contributed by atoms with Crippen molar-refractivity contribution in [1.29, 1.82) is 0 Å². The Morgan fingerprint density at radius 3 is 2.73 bits per heavy atom. The fraction of sp³-hybridized carbons (Fsp3) is 1.00. The molecular formula is C9H21N3O2S. The maximum atomic E-state index is 11.8. The molecule has 0 aromatic carbocycles. The monoisotopic (exact) mass is 235 g/mol. The molecule has 3 N–H and O–H groups in total. The average molecular weight is 235 g/mol. The van der Waals surface area contributed by atoms with Crippen molar-refractivity contribution in [2.75, 3.05) is 19.6 Å². The van der Waals surface area contributed by atoms with E-state index in [-0.39, 0.29) is 6.04 Å². The van der Waals surface area contributed by atoms with Crippen LogP contribution >= 0.6 is 0 Å². The first kappa shape index (κ1) is 12.9. The van der Waals surface area contributed by atoms with Gasteiger partial charge in [0.05, 0.1) is 0 Å². The molecule has 1 atom stereocenters. The lowest BCUT2D eigenvalue weighted by atomic mass is 10.1. The van der Waals surface area contributed by atoms with Gasteiger partial charge in [-0.05, 0) is 18.8 Å². The van der Waals surface area contributed by atoms with Crippen LogP contribution in [0, 0.1) is 5.92 Å². The highest BCUT2D eigenvalue weighted by atomic mass is 32.2. The molecule has 0 aromatic heterocycles. The second-order valence-electron chi connectivity index (χ2n) is 4.51. The second-order valence-corrected chi connectivity index (χ2v) is 6.26. The van der Waals surface area contributed by atoms with Gasteiger partial charge in [-0.3, -0.25) is 0 Å². The van der Waals surface area contributed by atoms with E-state index < -0.39 is 10.2 Å². The number of hydrogen-bond donors (Lipinski definition) is 2. The van der Waals surface area contributed by atoms with Gasteiger partial charge in [0.15, 0.2) is 0 Å². The van der Waals surface area contributed by atoms with Crippen molar-refractivity contribution in [3.05, 3.63) is 0 Å². The molecule has 1 rings (SSSR count). The lowest BCUT2D eigenvalue weighted by molar-refractivity contribution is 0.311. The summed E-state index contributed by atoms with van der Waals surface area (Å²) < 4.78 is 27.6.